The van der Waals surface area contributed by atoms with Crippen LogP contribution in [0.15, 0.2) is 18.2 Å². The van der Waals surface area contributed by atoms with Crippen LogP contribution in [0.1, 0.15) is 81.5 Å². The van der Waals surface area contributed by atoms with Gasteiger partial charge in [-0.25, -0.2) is 0 Å². The summed E-state index contributed by atoms with van der Waals surface area (Å²) >= 11 is 0. The van der Waals surface area contributed by atoms with Gasteiger partial charge < -0.3 is 0 Å². The Bertz CT molecular complexity index is 391. The maximum Gasteiger partial charge on any atom is -0.0190 e. The smallest absolute Gasteiger partial charge is 0.0190 e. The van der Waals surface area contributed by atoms with E-state index in [9.17, 15) is 0 Å². The monoisotopic (exact) mass is 243 g/mol. The lowest BCUT2D eigenvalue weighted by Gasteiger charge is -2.21. The maximum absolute atomic E-state index is 3.86. The van der Waals surface area contributed by atoms with Gasteiger partial charge in [0.15, 0.2) is 0 Å². The molecule has 0 aliphatic heterocycles. The summed E-state index contributed by atoms with van der Waals surface area (Å²) in [4.78, 5) is 0. The van der Waals surface area contributed by atoms with Crippen LogP contribution in [0.4, 0.5) is 0 Å². The molecule has 0 aliphatic rings. The molecule has 0 unspecified atom stereocenters. The zero-order valence-corrected chi connectivity index (χ0v) is 12.7. The van der Waals surface area contributed by atoms with Crippen molar-refractivity contribution in [1.82, 2.24) is 0 Å². The van der Waals surface area contributed by atoms with E-state index in [4.69, 9.17) is 0 Å². The summed E-state index contributed by atoms with van der Waals surface area (Å²) in [7, 11) is 0. The molecule has 0 spiro atoms. The van der Waals surface area contributed by atoms with E-state index in [1.165, 1.54) is 22.3 Å². The molecule has 99 valence electrons. The molecule has 1 rings (SSSR count). The molecule has 0 nitrogen and oxygen atoms in total. The Morgan fingerprint density at radius 2 is 1.28 bits per heavy atom. The van der Waals surface area contributed by atoms with Crippen LogP contribution in [-0.2, 0) is 0 Å². The predicted octanol–water partition coefficient (Wildman–Crippen LogP) is 5.90. The van der Waals surface area contributed by atoms with Crippen molar-refractivity contribution in [2.24, 2.45) is 0 Å². The predicted molar refractivity (Wildman–Crippen MR) is 83.1 cm³/mol. The van der Waals surface area contributed by atoms with Crippen LogP contribution >= 0.6 is 0 Å². The molecule has 0 aliphatic carbocycles. The first-order valence-electron chi connectivity index (χ1n) is 7.02. The van der Waals surface area contributed by atoms with Crippen molar-refractivity contribution in [3.05, 3.63) is 47.4 Å². The normalized spacial score (nSPS) is 12.3. The molecule has 1 aromatic rings. The Balaban J connectivity index is 3.54. The molecule has 0 heteroatoms. The van der Waals surface area contributed by atoms with Gasteiger partial charge in [-0.3, -0.25) is 0 Å². The van der Waals surface area contributed by atoms with E-state index >= 15 is 0 Å². The summed E-state index contributed by atoms with van der Waals surface area (Å²) in [5.74, 6) is 1.68. The minimum Gasteiger partial charge on any atom is -0.0836 e. The van der Waals surface area contributed by atoms with Crippen LogP contribution in [0.5, 0.6) is 0 Å². The van der Waals surface area contributed by atoms with E-state index in [-0.39, 0.29) is 0 Å². The van der Waals surface area contributed by atoms with Gasteiger partial charge in [0.2, 0.25) is 0 Å². The van der Waals surface area contributed by atoms with Crippen molar-refractivity contribution in [2.45, 2.75) is 59.3 Å². The summed E-state index contributed by atoms with van der Waals surface area (Å²) < 4.78 is 0. The molecule has 18 heavy (non-hydrogen) atoms. The van der Waals surface area contributed by atoms with E-state index in [0.717, 1.165) is 0 Å². The topological polar surface area (TPSA) is 0 Å². The van der Waals surface area contributed by atoms with Gasteiger partial charge in [0.25, 0.3) is 0 Å². The third-order valence-corrected chi connectivity index (χ3v) is 3.46. The molecular weight excluding hydrogens is 216 g/mol. The molecule has 0 N–H and O–H groups in total. The van der Waals surface area contributed by atoms with Crippen LogP contribution in [0.3, 0.4) is 0 Å². The van der Waals surface area contributed by atoms with Crippen molar-refractivity contribution in [1.29, 1.82) is 0 Å². The van der Waals surface area contributed by atoms with Crippen LogP contribution < -0.4 is 0 Å². The Hall–Kier alpha value is -1.04. The number of benzene rings is 1. The van der Waals surface area contributed by atoms with Crippen LogP contribution in [-0.4, -0.2) is 0 Å². The summed E-state index contributed by atoms with van der Waals surface area (Å²) in [6.45, 7) is 17.5. The fraction of sp³-hybridized carbons (Fsp3) is 0.500. The second-order valence-corrected chi connectivity index (χ2v) is 5.98. The van der Waals surface area contributed by atoms with E-state index in [0.29, 0.717) is 17.8 Å². The van der Waals surface area contributed by atoms with Crippen LogP contribution in [0.25, 0.3) is 6.08 Å². The van der Waals surface area contributed by atoms with E-state index in [1.54, 1.807) is 0 Å². The van der Waals surface area contributed by atoms with Gasteiger partial charge in [-0.05, 0) is 46.9 Å². The number of rotatable bonds is 4. The SMILES string of the molecule is [CH2]/C=C/c1c(C(C)C)cc(C(C)C)cc1C(C)C. The van der Waals surface area contributed by atoms with Gasteiger partial charge in [-0.2, -0.15) is 0 Å². The zero-order chi connectivity index (χ0) is 13.9. The molecule has 0 fully saturated rings. The first-order chi connectivity index (χ1) is 8.38. The molecular formula is C18H27. The Morgan fingerprint density at radius 3 is 1.56 bits per heavy atom. The minimum atomic E-state index is 0.549. The average molecular weight is 243 g/mol. The highest BCUT2D eigenvalue weighted by Crippen LogP contribution is 2.32. The first-order valence-corrected chi connectivity index (χ1v) is 7.02. The van der Waals surface area contributed by atoms with Gasteiger partial charge in [-0.15, -0.1) is 0 Å². The molecule has 0 aromatic heterocycles. The lowest BCUT2D eigenvalue weighted by Crippen LogP contribution is -2.03. The summed E-state index contributed by atoms with van der Waals surface area (Å²) in [5, 5.41) is 0. The van der Waals surface area contributed by atoms with Gasteiger partial charge in [0, 0.05) is 0 Å². The highest BCUT2D eigenvalue weighted by atomic mass is 14.2. The van der Waals surface area contributed by atoms with Gasteiger partial charge in [0.1, 0.15) is 0 Å². The van der Waals surface area contributed by atoms with Crippen molar-refractivity contribution >= 4 is 6.08 Å². The molecule has 0 saturated heterocycles. The molecule has 1 radical (unpaired) electrons. The second-order valence-electron chi connectivity index (χ2n) is 5.98. The quantitative estimate of drug-likeness (QED) is 0.617. The van der Waals surface area contributed by atoms with E-state index < -0.39 is 0 Å². The van der Waals surface area contributed by atoms with Crippen molar-refractivity contribution in [3.63, 3.8) is 0 Å². The van der Waals surface area contributed by atoms with Crippen molar-refractivity contribution in [2.75, 3.05) is 0 Å². The summed E-state index contributed by atoms with van der Waals surface area (Å²) in [5.41, 5.74) is 5.72. The lowest BCUT2D eigenvalue weighted by molar-refractivity contribution is 0.801. The Kier molecular flexibility index (Phi) is 5.19. The second kappa shape index (κ2) is 6.22. The first kappa shape index (κ1) is 15.0. The third kappa shape index (κ3) is 3.25. The summed E-state index contributed by atoms with van der Waals surface area (Å²) in [6.07, 6.45) is 4.07. The van der Waals surface area contributed by atoms with Crippen molar-refractivity contribution in [3.8, 4) is 0 Å². The third-order valence-electron chi connectivity index (χ3n) is 3.46. The average Bonchev–Trinajstić information content (AvgIpc) is 2.28. The molecule has 0 amide bonds. The lowest BCUT2D eigenvalue weighted by atomic mass is 9.84. The highest BCUT2D eigenvalue weighted by Gasteiger charge is 2.14. The number of hydrogen-bond donors (Lipinski definition) is 0. The Labute approximate surface area is 113 Å². The molecule has 1 aromatic carbocycles. The number of hydrogen-bond acceptors (Lipinski definition) is 0. The molecule has 0 saturated carbocycles. The van der Waals surface area contributed by atoms with Crippen LogP contribution in [0, 0.1) is 6.92 Å². The molecule has 0 atom stereocenters. The molecule has 0 bridgehead atoms. The fourth-order valence-corrected chi connectivity index (χ4v) is 2.32. The molecule has 0 heterocycles. The zero-order valence-electron chi connectivity index (χ0n) is 12.7. The van der Waals surface area contributed by atoms with E-state index in [2.05, 4.69) is 66.7 Å². The maximum atomic E-state index is 3.86. The standard InChI is InChI=1S/C18H27/c1-8-9-16-17(13(4)5)10-15(12(2)3)11-18(16)14(6)7/h8-14H,1H2,2-7H3/b9-8+. The van der Waals surface area contributed by atoms with Gasteiger partial charge in [0.05, 0.1) is 0 Å². The van der Waals surface area contributed by atoms with Crippen molar-refractivity contribution < 1.29 is 0 Å². The van der Waals surface area contributed by atoms with Gasteiger partial charge in [-0.1, -0.05) is 65.8 Å². The Morgan fingerprint density at radius 1 is 0.833 bits per heavy atom. The van der Waals surface area contributed by atoms with Crippen LogP contribution in [0.2, 0.25) is 0 Å². The number of allylic oxidation sites excluding steroid dienone is 1. The largest absolute Gasteiger partial charge is 0.0836 e. The highest BCUT2D eigenvalue weighted by molar-refractivity contribution is 5.61. The van der Waals surface area contributed by atoms with Gasteiger partial charge >= 0.3 is 0 Å². The summed E-state index contributed by atoms with van der Waals surface area (Å²) in [6, 6.07) is 4.74. The minimum absolute atomic E-state index is 0.549. The fourth-order valence-electron chi connectivity index (χ4n) is 2.32. The van der Waals surface area contributed by atoms with E-state index in [1.807, 2.05) is 6.08 Å².